The van der Waals surface area contributed by atoms with Gasteiger partial charge in [0.2, 0.25) is 0 Å². The van der Waals surface area contributed by atoms with Crippen LogP contribution in [0.1, 0.15) is 32.1 Å². The van der Waals surface area contributed by atoms with Gasteiger partial charge in [0.1, 0.15) is 0 Å². The molecule has 5 atom stereocenters. The van der Waals surface area contributed by atoms with Crippen molar-refractivity contribution in [2.24, 2.45) is 17.6 Å². The summed E-state index contributed by atoms with van der Waals surface area (Å²) in [7, 11) is 0. The highest BCUT2D eigenvalue weighted by atomic mass is 16.3. The van der Waals surface area contributed by atoms with Gasteiger partial charge in [0.05, 0.1) is 11.2 Å². The number of nitrogens with two attached hydrogens (primary N) is 1. The van der Waals surface area contributed by atoms with E-state index in [9.17, 15) is 10.2 Å². The number of rotatable bonds is 0. The predicted octanol–water partition coefficient (Wildman–Crippen LogP) is -0.000400. The van der Waals surface area contributed by atoms with E-state index in [1.165, 1.54) is 0 Å². The normalized spacial score (nSPS) is 64.4. The fourth-order valence-electron chi connectivity index (χ4n) is 4.11. The standard InChI is InChI=1S/C10H17NO2/c11-8-7-1-6-2-9(12,4-7)5-10(8,13)3-6/h6-8,12-13H,1-5,11H2. The molecule has 0 aromatic carbocycles. The topological polar surface area (TPSA) is 66.5 Å². The van der Waals surface area contributed by atoms with Crippen LogP contribution >= 0.6 is 0 Å². The molecule has 0 spiro atoms. The molecule has 4 saturated carbocycles. The summed E-state index contributed by atoms with van der Waals surface area (Å²) in [5.41, 5.74) is 4.66. The molecular formula is C10H17NO2. The van der Waals surface area contributed by atoms with Crippen LogP contribution in [0.2, 0.25) is 0 Å². The molecule has 0 aromatic rings. The molecule has 0 saturated heterocycles. The molecular weight excluding hydrogens is 166 g/mol. The molecule has 13 heavy (non-hydrogen) atoms. The fraction of sp³-hybridized carbons (Fsp3) is 1.00. The van der Waals surface area contributed by atoms with Crippen molar-refractivity contribution >= 4 is 0 Å². The van der Waals surface area contributed by atoms with Crippen molar-refractivity contribution in [3.8, 4) is 0 Å². The van der Waals surface area contributed by atoms with Gasteiger partial charge in [-0.05, 0) is 37.5 Å². The predicted molar refractivity (Wildman–Crippen MR) is 47.9 cm³/mol. The van der Waals surface area contributed by atoms with Crippen molar-refractivity contribution in [3.05, 3.63) is 0 Å². The first-order valence-electron chi connectivity index (χ1n) is 5.21. The summed E-state index contributed by atoms with van der Waals surface area (Å²) in [4.78, 5) is 0. The van der Waals surface area contributed by atoms with Crippen molar-refractivity contribution in [3.63, 3.8) is 0 Å². The second-order valence-corrected chi connectivity index (χ2v) is 5.50. The van der Waals surface area contributed by atoms with Crippen molar-refractivity contribution in [2.45, 2.75) is 49.3 Å². The van der Waals surface area contributed by atoms with E-state index in [0.717, 1.165) is 25.7 Å². The Hall–Kier alpha value is -0.120. The quantitative estimate of drug-likeness (QED) is 0.495. The first-order valence-corrected chi connectivity index (χ1v) is 5.21. The molecule has 4 rings (SSSR count). The second kappa shape index (κ2) is 2.10. The number of hydrogen-bond donors (Lipinski definition) is 3. The third-order valence-corrected chi connectivity index (χ3v) is 4.35. The molecule has 0 heterocycles. The smallest absolute Gasteiger partial charge is 0.0830 e. The van der Waals surface area contributed by atoms with Gasteiger partial charge in [-0.3, -0.25) is 0 Å². The van der Waals surface area contributed by atoms with E-state index >= 15 is 0 Å². The lowest BCUT2D eigenvalue weighted by atomic mass is 9.50. The van der Waals surface area contributed by atoms with Crippen LogP contribution in [0.5, 0.6) is 0 Å². The first kappa shape index (κ1) is 8.21. The van der Waals surface area contributed by atoms with Crippen LogP contribution in [0, 0.1) is 11.8 Å². The Labute approximate surface area is 77.9 Å². The summed E-state index contributed by atoms with van der Waals surface area (Å²) in [5.74, 6) is 0.874. The minimum Gasteiger partial charge on any atom is -0.390 e. The van der Waals surface area contributed by atoms with Gasteiger partial charge in [-0.1, -0.05) is 0 Å². The molecule has 5 unspecified atom stereocenters. The molecule has 0 amide bonds. The van der Waals surface area contributed by atoms with Gasteiger partial charge in [0.15, 0.2) is 0 Å². The van der Waals surface area contributed by atoms with E-state index in [1.54, 1.807) is 0 Å². The van der Waals surface area contributed by atoms with Crippen molar-refractivity contribution < 1.29 is 10.2 Å². The van der Waals surface area contributed by atoms with Crippen molar-refractivity contribution in [1.82, 2.24) is 0 Å². The largest absolute Gasteiger partial charge is 0.390 e. The summed E-state index contributed by atoms with van der Waals surface area (Å²) in [6.45, 7) is 0. The van der Waals surface area contributed by atoms with Crippen LogP contribution in [0.15, 0.2) is 0 Å². The lowest BCUT2D eigenvalue weighted by molar-refractivity contribution is -0.208. The molecule has 3 heteroatoms. The molecule has 0 radical (unpaired) electrons. The minimum absolute atomic E-state index is 0.0932. The summed E-state index contributed by atoms with van der Waals surface area (Å²) in [6, 6.07) is -0.0932. The zero-order valence-electron chi connectivity index (χ0n) is 7.74. The Kier molecular flexibility index (Phi) is 1.33. The van der Waals surface area contributed by atoms with Crippen LogP contribution in [-0.4, -0.2) is 27.5 Å². The van der Waals surface area contributed by atoms with E-state index in [2.05, 4.69) is 0 Å². The van der Waals surface area contributed by atoms with E-state index < -0.39 is 11.2 Å². The number of aliphatic hydroxyl groups is 2. The van der Waals surface area contributed by atoms with Gasteiger partial charge in [0.25, 0.3) is 0 Å². The van der Waals surface area contributed by atoms with Crippen LogP contribution in [0.4, 0.5) is 0 Å². The zero-order chi connectivity index (χ0) is 9.27. The lowest BCUT2D eigenvalue weighted by Crippen LogP contribution is -2.69. The summed E-state index contributed by atoms with van der Waals surface area (Å²) in [6.07, 6.45) is 4.14. The summed E-state index contributed by atoms with van der Waals surface area (Å²) in [5, 5.41) is 20.4. The van der Waals surface area contributed by atoms with E-state index in [4.69, 9.17) is 5.73 Å². The van der Waals surface area contributed by atoms with Crippen LogP contribution in [-0.2, 0) is 0 Å². The molecule has 0 aromatic heterocycles. The average molecular weight is 183 g/mol. The molecule has 4 N–H and O–H groups in total. The molecule has 4 aliphatic rings. The Morgan fingerprint density at radius 1 is 1.15 bits per heavy atom. The van der Waals surface area contributed by atoms with Gasteiger partial charge in [-0.25, -0.2) is 0 Å². The first-order chi connectivity index (χ1) is 6.01. The Morgan fingerprint density at radius 3 is 2.54 bits per heavy atom. The maximum absolute atomic E-state index is 10.3. The lowest BCUT2D eigenvalue weighted by Gasteiger charge is -2.61. The SMILES string of the molecule is NC1C2CC3CC(O)(C2)CC1(O)C3. The highest BCUT2D eigenvalue weighted by Crippen LogP contribution is 2.56. The maximum atomic E-state index is 10.3. The number of hydrogen-bond acceptors (Lipinski definition) is 3. The Bertz CT molecular complexity index is 257. The monoisotopic (exact) mass is 183 g/mol. The average Bonchev–Trinajstić information content (AvgIpc) is 1.96. The van der Waals surface area contributed by atoms with E-state index in [-0.39, 0.29) is 6.04 Å². The van der Waals surface area contributed by atoms with Crippen molar-refractivity contribution in [2.75, 3.05) is 0 Å². The Balaban J connectivity index is 2.01. The van der Waals surface area contributed by atoms with Crippen LogP contribution in [0.3, 0.4) is 0 Å². The molecule has 4 fully saturated rings. The maximum Gasteiger partial charge on any atom is 0.0830 e. The van der Waals surface area contributed by atoms with Gasteiger partial charge in [0, 0.05) is 12.5 Å². The third kappa shape index (κ3) is 0.953. The molecule has 4 bridgehead atoms. The second-order valence-electron chi connectivity index (χ2n) is 5.50. The zero-order valence-corrected chi connectivity index (χ0v) is 7.74. The minimum atomic E-state index is -0.751. The van der Waals surface area contributed by atoms with E-state index in [0.29, 0.717) is 18.3 Å². The van der Waals surface area contributed by atoms with Crippen molar-refractivity contribution in [1.29, 1.82) is 0 Å². The Morgan fingerprint density at radius 2 is 1.92 bits per heavy atom. The van der Waals surface area contributed by atoms with Gasteiger partial charge in [-0.2, -0.15) is 0 Å². The van der Waals surface area contributed by atoms with Gasteiger partial charge in [-0.15, -0.1) is 0 Å². The fourth-order valence-corrected chi connectivity index (χ4v) is 4.11. The summed E-state index contributed by atoms with van der Waals surface area (Å²) >= 11 is 0. The van der Waals surface area contributed by atoms with Crippen LogP contribution < -0.4 is 5.73 Å². The molecule has 3 nitrogen and oxygen atoms in total. The van der Waals surface area contributed by atoms with Gasteiger partial charge >= 0.3 is 0 Å². The van der Waals surface area contributed by atoms with E-state index in [1.807, 2.05) is 0 Å². The molecule has 4 aliphatic carbocycles. The highest BCUT2D eigenvalue weighted by molar-refractivity contribution is 5.14. The van der Waals surface area contributed by atoms with Crippen LogP contribution in [0.25, 0.3) is 0 Å². The molecule has 0 aliphatic heterocycles. The highest BCUT2D eigenvalue weighted by Gasteiger charge is 2.60. The summed E-state index contributed by atoms with van der Waals surface area (Å²) < 4.78 is 0. The third-order valence-electron chi connectivity index (χ3n) is 4.35. The molecule has 74 valence electrons. The van der Waals surface area contributed by atoms with Gasteiger partial charge < -0.3 is 15.9 Å².